The molecule has 0 aliphatic carbocycles. The molecule has 0 aliphatic heterocycles. The number of carbonyl (C=O) groups excluding carboxylic acids is 1. The van der Waals surface area contributed by atoms with Crippen molar-refractivity contribution in [3.05, 3.63) is 35.4 Å². The second kappa shape index (κ2) is 5.53. The molecular formula is C11H12F3NO. The van der Waals surface area contributed by atoms with Gasteiger partial charge in [-0.3, -0.25) is 4.79 Å². The molecule has 16 heavy (non-hydrogen) atoms. The summed E-state index contributed by atoms with van der Waals surface area (Å²) in [5.74, 6) is 0. The molecule has 0 spiro atoms. The first kappa shape index (κ1) is 12.5. The fraction of sp³-hybridized carbons (Fsp3) is 0.364. The summed E-state index contributed by atoms with van der Waals surface area (Å²) in [7, 11) is 0. The van der Waals surface area contributed by atoms with Crippen molar-refractivity contribution in [1.82, 2.24) is 5.32 Å². The molecule has 0 radical (unpaired) electrons. The highest BCUT2D eigenvalue weighted by Gasteiger charge is 2.30. The van der Waals surface area contributed by atoms with Gasteiger partial charge in [-0.05, 0) is 24.5 Å². The largest absolute Gasteiger partial charge is 0.416 e. The summed E-state index contributed by atoms with van der Waals surface area (Å²) in [6, 6.07) is 5.23. The molecule has 2 nitrogen and oxygen atoms in total. The number of hydrogen-bond acceptors (Lipinski definition) is 1. The van der Waals surface area contributed by atoms with Crippen LogP contribution in [0.25, 0.3) is 0 Å². The monoisotopic (exact) mass is 231 g/mol. The normalized spacial score (nSPS) is 11.2. The Labute approximate surface area is 91.5 Å². The van der Waals surface area contributed by atoms with Crippen LogP contribution < -0.4 is 5.32 Å². The molecule has 1 aromatic rings. The predicted molar refractivity (Wildman–Crippen MR) is 53.8 cm³/mol. The van der Waals surface area contributed by atoms with Crippen molar-refractivity contribution in [1.29, 1.82) is 0 Å². The molecular weight excluding hydrogens is 219 g/mol. The maximum Gasteiger partial charge on any atom is 0.416 e. The molecule has 1 N–H and O–H groups in total. The standard InChI is InChI=1S/C11H12F3NO/c12-11(13,14)10-5-1-3-9(7-10)4-2-6-15-8-16/h1,3,5,7-8H,2,4,6H2,(H,15,16). The van der Waals surface area contributed by atoms with Gasteiger partial charge in [-0.25, -0.2) is 0 Å². The third kappa shape index (κ3) is 3.92. The Kier molecular flexibility index (Phi) is 4.34. The highest BCUT2D eigenvalue weighted by molar-refractivity contribution is 5.45. The van der Waals surface area contributed by atoms with Gasteiger partial charge in [0.25, 0.3) is 0 Å². The van der Waals surface area contributed by atoms with E-state index in [0.29, 0.717) is 31.4 Å². The Morgan fingerprint density at radius 2 is 2.06 bits per heavy atom. The van der Waals surface area contributed by atoms with Crippen molar-refractivity contribution in [3.8, 4) is 0 Å². The Hall–Kier alpha value is -1.52. The van der Waals surface area contributed by atoms with E-state index in [0.717, 1.165) is 12.1 Å². The van der Waals surface area contributed by atoms with Gasteiger partial charge in [-0.15, -0.1) is 0 Å². The Bertz CT molecular complexity index is 349. The Morgan fingerprint density at radius 1 is 1.31 bits per heavy atom. The average Bonchev–Trinajstić information content (AvgIpc) is 2.24. The minimum absolute atomic E-state index is 0.472. The summed E-state index contributed by atoms with van der Waals surface area (Å²) < 4.78 is 37.1. The molecule has 0 bridgehead atoms. The number of alkyl halides is 3. The van der Waals surface area contributed by atoms with Gasteiger partial charge in [0.05, 0.1) is 5.56 Å². The van der Waals surface area contributed by atoms with Crippen LogP contribution in [0, 0.1) is 0 Å². The number of benzene rings is 1. The molecule has 0 aliphatic rings. The molecule has 0 heterocycles. The molecule has 0 saturated carbocycles. The second-order valence-electron chi connectivity index (χ2n) is 3.37. The number of hydrogen-bond donors (Lipinski definition) is 1. The highest BCUT2D eigenvalue weighted by atomic mass is 19.4. The second-order valence-corrected chi connectivity index (χ2v) is 3.37. The van der Waals surface area contributed by atoms with Crippen LogP contribution in [0.3, 0.4) is 0 Å². The highest BCUT2D eigenvalue weighted by Crippen LogP contribution is 2.29. The van der Waals surface area contributed by atoms with E-state index in [-0.39, 0.29) is 0 Å². The van der Waals surface area contributed by atoms with Crippen molar-refractivity contribution >= 4 is 6.41 Å². The summed E-state index contributed by atoms with van der Waals surface area (Å²) in [6.07, 6.45) is -2.58. The van der Waals surface area contributed by atoms with Crippen molar-refractivity contribution in [2.45, 2.75) is 19.0 Å². The van der Waals surface area contributed by atoms with E-state index >= 15 is 0 Å². The minimum Gasteiger partial charge on any atom is -0.359 e. The van der Waals surface area contributed by atoms with E-state index < -0.39 is 11.7 Å². The van der Waals surface area contributed by atoms with Gasteiger partial charge < -0.3 is 5.32 Å². The summed E-state index contributed by atoms with van der Waals surface area (Å²) in [6.45, 7) is 0.472. The summed E-state index contributed by atoms with van der Waals surface area (Å²) in [4.78, 5) is 9.94. The quantitative estimate of drug-likeness (QED) is 0.611. The molecule has 1 rings (SSSR count). The molecule has 0 saturated heterocycles. The molecule has 0 fully saturated rings. The summed E-state index contributed by atoms with van der Waals surface area (Å²) >= 11 is 0. The van der Waals surface area contributed by atoms with Gasteiger partial charge in [0.2, 0.25) is 6.41 Å². The first-order chi connectivity index (χ1) is 7.54. The smallest absolute Gasteiger partial charge is 0.359 e. The van der Waals surface area contributed by atoms with Crippen LogP contribution in [0.15, 0.2) is 24.3 Å². The van der Waals surface area contributed by atoms with Gasteiger partial charge >= 0.3 is 6.18 Å². The van der Waals surface area contributed by atoms with Crippen LogP contribution in [-0.2, 0) is 17.4 Å². The molecule has 1 amide bonds. The van der Waals surface area contributed by atoms with Crippen LogP contribution in [-0.4, -0.2) is 13.0 Å². The van der Waals surface area contributed by atoms with Gasteiger partial charge in [-0.2, -0.15) is 13.2 Å². The zero-order valence-corrected chi connectivity index (χ0v) is 8.55. The number of halogens is 3. The fourth-order valence-corrected chi connectivity index (χ4v) is 1.36. The van der Waals surface area contributed by atoms with Crippen molar-refractivity contribution in [2.24, 2.45) is 0 Å². The number of nitrogens with one attached hydrogen (secondary N) is 1. The minimum atomic E-state index is -4.29. The Morgan fingerprint density at radius 3 is 2.69 bits per heavy atom. The molecule has 5 heteroatoms. The lowest BCUT2D eigenvalue weighted by Gasteiger charge is -2.08. The van der Waals surface area contributed by atoms with E-state index in [1.807, 2.05) is 0 Å². The number of rotatable bonds is 5. The van der Waals surface area contributed by atoms with E-state index in [1.54, 1.807) is 6.07 Å². The SMILES string of the molecule is O=CNCCCc1cccc(C(F)(F)F)c1. The van der Waals surface area contributed by atoms with E-state index in [1.165, 1.54) is 6.07 Å². The maximum absolute atomic E-state index is 12.4. The fourth-order valence-electron chi connectivity index (χ4n) is 1.36. The molecule has 88 valence electrons. The third-order valence-corrected chi connectivity index (χ3v) is 2.12. The molecule has 0 aromatic heterocycles. The third-order valence-electron chi connectivity index (χ3n) is 2.12. The van der Waals surface area contributed by atoms with E-state index in [9.17, 15) is 18.0 Å². The van der Waals surface area contributed by atoms with Crippen molar-refractivity contribution < 1.29 is 18.0 Å². The first-order valence-corrected chi connectivity index (χ1v) is 4.87. The maximum atomic E-state index is 12.4. The average molecular weight is 231 g/mol. The number of aryl methyl sites for hydroxylation is 1. The van der Waals surface area contributed by atoms with Gasteiger partial charge in [0.1, 0.15) is 0 Å². The first-order valence-electron chi connectivity index (χ1n) is 4.87. The van der Waals surface area contributed by atoms with Crippen LogP contribution in [0.2, 0.25) is 0 Å². The van der Waals surface area contributed by atoms with E-state index in [4.69, 9.17) is 0 Å². The Balaban J connectivity index is 2.57. The van der Waals surface area contributed by atoms with Gasteiger partial charge in [0, 0.05) is 6.54 Å². The van der Waals surface area contributed by atoms with Crippen LogP contribution in [0.1, 0.15) is 17.5 Å². The molecule has 0 unspecified atom stereocenters. The summed E-state index contributed by atoms with van der Waals surface area (Å²) in [5, 5.41) is 2.46. The number of carbonyl (C=O) groups is 1. The lowest BCUT2D eigenvalue weighted by molar-refractivity contribution is -0.137. The van der Waals surface area contributed by atoms with Gasteiger partial charge in [0.15, 0.2) is 0 Å². The zero-order valence-electron chi connectivity index (χ0n) is 8.55. The van der Waals surface area contributed by atoms with Crippen molar-refractivity contribution in [3.63, 3.8) is 0 Å². The van der Waals surface area contributed by atoms with Crippen molar-refractivity contribution in [2.75, 3.05) is 6.54 Å². The predicted octanol–water partition coefficient (Wildman–Crippen LogP) is 2.38. The van der Waals surface area contributed by atoms with Crippen LogP contribution in [0.4, 0.5) is 13.2 Å². The topological polar surface area (TPSA) is 29.1 Å². The van der Waals surface area contributed by atoms with E-state index in [2.05, 4.69) is 5.32 Å². The molecule has 0 atom stereocenters. The van der Waals surface area contributed by atoms with Crippen LogP contribution >= 0.6 is 0 Å². The molecule has 1 aromatic carbocycles. The van der Waals surface area contributed by atoms with Gasteiger partial charge in [-0.1, -0.05) is 18.2 Å². The lowest BCUT2D eigenvalue weighted by atomic mass is 10.1. The number of amides is 1. The zero-order chi connectivity index (χ0) is 12.0. The lowest BCUT2D eigenvalue weighted by Crippen LogP contribution is -2.13. The van der Waals surface area contributed by atoms with Crippen LogP contribution in [0.5, 0.6) is 0 Å². The summed E-state index contributed by atoms with van der Waals surface area (Å²) in [5.41, 5.74) is -0.00382.